The molecule has 0 heterocycles. The van der Waals surface area contributed by atoms with Gasteiger partial charge in [0.1, 0.15) is 0 Å². The van der Waals surface area contributed by atoms with Crippen molar-refractivity contribution in [3.8, 4) is 6.07 Å². The maximum atomic E-state index is 12.3. The summed E-state index contributed by atoms with van der Waals surface area (Å²) in [4.78, 5) is 12.3. The molecular weight excluding hydrogens is 350 g/mol. The van der Waals surface area contributed by atoms with Crippen molar-refractivity contribution in [2.24, 2.45) is 0 Å². The van der Waals surface area contributed by atoms with E-state index in [9.17, 15) is 13.2 Å². The minimum Gasteiger partial charge on any atom is -0.322 e. The van der Waals surface area contributed by atoms with Crippen molar-refractivity contribution in [2.45, 2.75) is 11.3 Å². The Balaban J connectivity index is 2.26. The van der Waals surface area contributed by atoms with E-state index in [2.05, 4.69) is 10.0 Å². The van der Waals surface area contributed by atoms with E-state index in [-0.39, 0.29) is 21.9 Å². The lowest BCUT2D eigenvalue weighted by Crippen LogP contribution is -2.20. The van der Waals surface area contributed by atoms with Crippen LogP contribution in [0.25, 0.3) is 0 Å². The summed E-state index contributed by atoms with van der Waals surface area (Å²) < 4.78 is 25.8. The highest BCUT2D eigenvalue weighted by Gasteiger charge is 2.17. The summed E-state index contributed by atoms with van der Waals surface area (Å²) in [5.74, 6) is -0.527. The average molecular weight is 364 g/mol. The van der Waals surface area contributed by atoms with Gasteiger partial charge in [-0.15, -0.1) is 0 Å². The predicted molar refractivity (Wildman–Crippen MR) is 91.4 cm³/mol. The van der Waals surface area contributed by atoms with Crippen LogP contribution in [0.4, 0.5) is 5.69 Å². The molecule has 0 unspecified atom stereocenters. The summed E-state index contributed by atoms with van der Waals surface area (Å²) in [7, 11) is -2.39. The van der Waals surface area contributed by atoms with Crippen molar-refractivity contribution >= 4 is 33.2 Å². The number of nitrogens with zero attached hydrogens (tertiary/aromatic N) is 1. The monoisotopic (exact) mass is 363 g/mol. The van der Waals surface area contributed by atoms with E-state index < -0.39 is 15.9 Å². The second-order valence-electron chi connectivity index (χ2n) is 4.84. The van der Waals surface area contributed by atoms with E-state index in [1.807, 2.05) is 6.07 Å². The lowest BCUT2D eigenvalue weighted by atomic mass is 10.1. The zero-order valence-corrected chi connectivity index (χ0v) is 14.3. The normalized spacial score (nSPS) is 10.9. The first kappa shape index (κ1) is 17.9. The van der Waals surface area contributed by atoms with Gasteiger partial charge < -0.3 is 5.32 Å². The second kappa shape index (κ2) is 7.45. The molecule has 0 aliphatic heterocycles. The van der Waals surface area contributed by atoms with Gasteiger partial charge in [0.2, 0.25) is 10.0 Å². The van der Waals surface area contributed by atoms with Crippen LogP contribution in [0.3, 0.4) is 0 Å². The Morgan fingerprint density at radius 2 is 1.88 bits per heavy atom. The van der Waals surface area contributed by atoms with Gasteiger partial charge in [0.15, 0.2) is 0 Å². The van der Waals surface area contributed by atoms with Gasteiger partial charge in [-0.05, 0) is 42.9 Å². The van der Waals surface area contributed by atoms with Gasteiger partial charge in [-0.1, -0.05) is 23.7 Å². The molecule has 2 aromatic rings. The smallest absolute Gasteiger partial charge is 0.257 e. The fourth-order valence-corrected chi connectivity index (χ4v) is 2.92. The first-order valence-electron chi connectivity index (χ1n) is 6.87. The molecule has 2 rings (SSSR count). The van der Waals surface area contributed by atoms with E-state index in [1.165, 1.54) is 25.2 Å². The molecule has 0 atom stereocenters. The number of carbonyl (C=O) groups is 1. The number of sulfonamides is 1. The predicted octanol–water partition coefficient (Wildman–Crippen LogP) is 2.57. The van der Waals surface area contributed by atoms with Crippen molar-refractivity contribution < 1.29 is 13.2 Å². The Labute approximate surface area is 145 Å². The number of carbonyl (C=O) groups excluding carboxylic acids is 1. The Bertz CT molecular complexity index is 903. The van der Waals surface area contributed by atoms with Crippen LogP contribution in [0.1, 0.15) is 15.9 Å². The molecular formula is C16H14ClN3O3S. The largest absolute Gasteiger partial charge is 0.322 e. The van der Waals surface area contributed by atoms with E-state index in [4.69, 9.17) is 16.9 Å². The number of nitriles is 1. The van der Waals surface area contributed by atoms with Gasteiger partial charge in [-0.25, -0.2) is 13.1 Å². The maximum Gasteiger partial charge on any atom is 0.257 e. The lowest BCUT2D eigenvalue weighted by Gasteiger charge is -2.09. The number of nitrogens with one attached hydrogen (secondary N) is 2. The highest BCUT2D eigenvalue weighted by atomic mass is 35.5. The van der Waals surface area contributed by atoms with Crippen LogP contribution in [-0.2, 0) is 16.4 Å². The number of hydrogen-bond donors (Lipinski definition) is 2. The second-order valence-corrected chi connectivity index (χ2v) is 7.13. The van der Waals surface area contributed by atoms with Gasteiger partial charge in [-0.3, -0.25) is 4.79 Å². The van der Waals surface area contributed by atoms with Crippen LogP contribution in [0, 0.1) is 11.3 Å². The first-order chi connectivity index (χ1) is 11.4. The molecule has 0 spiro atoms. The van der Waals surface area contributed by atoms with E-state index in [0.29, 0.717) is 5.69 Å². The third-order valence-corrected chi connectivity index (χ3v) is 5.00. The van der Waals surface area contributed by atoms with Gasteiger partial charge in [0.25, 0.3) is 5.91 Å². The summed E-state index contributed by atoms with van der Waals surface area (Å²) in [6.45, 7) is 0. The highest BCUT2D eigenvalue weighted by Crippen LogP contribution is 2.22. The van der Waals surface area contributed by atoms with Crippen molar-refractivity contribution in [2.75, 3.05) is 12.4 Å². The number of benzene rings is 2. The summed E-state index contributed by atoms with van der Waals surface area (Å²) in [5.41, 5.74) is 1.39. The van der Waals surface area contributed by atoms with E-state index in [1.54, 1.807) is 24.3 Å². The Morgan fingerprint density at radius 3 is 2.46 bits per heavy atom. The molecule has 0 bridgehead atoms. The van der Waals surface area contributed by atoms with Crippen LogP contribution in [0.5, 0.6) is 0 Å². The summed E-state index contributed by atoms with van der Waals surface area (Å²) in [6, 6.07) is 12.7. The van der Waals surface area contributed by atoms with Crippen LogP contribution in [0.2, 0.25) is 5.02 Å². The molecule has 0 radical (unpaired) electrons. The van der Waals surface area contributed by atoms with Crippen molar-refractivity contribution in [3.05, 3.63) is 58.6 Å². The highest BCUT2D eigenvalue weighted by molar-refractivity contribution is 7.89. The third kappa shape index (κ3) is 4.11. The molecule has 0 fully saturated rings. The van der Waals surface area contributed by atoms with Gasteiger partial charge in [-0.2, -0.15) is 5.26 Å². The van der Waals surface area contributed by atoms with Crippen LogP contribution in [0.15, 0.2) is 47.4 Å². The molecule has 24 heavy (non-hydrogen) atoms. The van der Waals surface area contributed by atoms with Crippen LogP contribution in [-0.4, -0.2) is 21.4 Å². The summed E-state index contributed by atoms with van der Waals surface area (Å²) in [5, 5.41) is 11.4. The third-order valence-electron chi connectivity index (χ3n) is 3.26. The molecule has 0 saturated carbocycles. The van der Waals surface area contributed by atoms with Crippen LogP contribution < -0.4 is 10.0 Å². The van der Waals surface area contributed by atoms with Gasteiger partial charge >= 0.3 is 0 Å². The molecule has 0 aromatic heterocycles. The molecule has 8 heteroatoms. The minimum absolute atomic E-state index is 0.0501. The molecule has 2 N–H and O–H groups in total. The number of halogens is 1. The fraction of sp³-hybridized carbons (Fsp3) is 0.125. The standard InChI is InChI=1S/C16H14ClN3O3S/c1-19-24(22,23)13-6-7-15(17)14(10-13)16(21)20-12-4-2-11(3-5-12)8-9-18/h2-7,10,19H,8H2,1H3,(H,20,21). The number of amides is 1. The molecule has 6 nitrogen and oxygen atoms in total. The zero-order chi connectivity index (χ0) is 17.7. The SMILES string of the molecule is CNS(=O)(=O)c1ccc(Cl)c(C(=O)Nc2ccc(CC#N)cc2)c1. The van der Waals surface area contributed by atoms with E-state index in [0.717, 1.165) is 5.56 Å². The molecule has 0 saturated heterocycles. The number of hydrogen-bond acceptors (Lipinski definition) is 4. The molecule has 0 aliphatic rings. The topological polar surface area (TPSA) is 99.1 Å². The summed E-state index contributed by atoms with van der Waals surface area (Å²) in [6.07, 6.45) is 0.282. The lowest BCUT2D eigenvalue weighted by molar-refractivity contribution is 0.102. The Kier molecular flexibility index (Phi) is 5.57. The quantitative estimate of drug-likeness (QED) is 0.852. The van der Waals surface area contributed by atoms with Crippen LogP contribution >= 0.6 is 11.6 Å². The zero-order valence-electron chi connectivity index (χ0n) is 12.7. The van der Waals surface area contributed by atoms with Crippen molar-refractivity contribution in [1.29, 1.82) is 5.26 Å². The van der Waals surface area contributed by atoms with Crippen molar-refractivity contribution in [1.82, 2.24) is 4.72 Å². The fourth-order valence-electron chi connectivity index (χ4n) is 1.96. The summed E-state index contributed by atoms with van der Waals surface area (Å²) >= 11 is 6.00. The average Bonchev–Trinajstić information content (AvgIpc) is 2.57. The van der Waals surface area contributed by atoms with E-state index >= 15 is 0 Å². The Hall–Kier alpha value is -2.40. The maximum absolute atomic E-state index is 12.3. The molecule has 2 aromatic carbocycles. The molecule has 0 aliphatic carbocycles. The first-order valence-corrected chi connectivity index (χ1v) is 8.74. The number of rotatable bonds is 5. The minimum atomic E-state index is -3.68. The Morgan fingerprint density at radius 1 is 1.21 bits per heavy atom. The van der Waals surface area contributed by atoms with Gasteiger partial charge in [0.05, 0.1) is 28.0 Å². The van der Waals surface area contributed by atoms with Crippen molar-refractivity contribution in [3.63, 3.8) is 0 Å². The molecule has 124 valence electrons. The molecule has 1 amide bonds. The van der Waals surface area contributed by atoms with Gasteiger partial charge in [0, 0.05) is 5.69 Å². The number of anilines is 1.